The summed E-state index contributed by atoms with van der Waals surface area (Å²) in [6, 6.07) is -0.543. The summed E-state index contributed by atoms with van der Waals surface area (Å²) in [5.74, 6) is -0.0153. The first-order valence-electron chi connectivity index (χ1n) is 34.9. The molecule has 3 N–H and O–H groups in total. The van der Waals surface area contributed by atoms with Gasteiger partial charge in [-0.25, -0.2) is 0 Å². The Morgan fingerprint density at radius 3 is 0.934 bits per heavy atom. The lowest BCUT2D eigenvalue weighted by atomic mass is 10.0. The highest BCUT2D eigenvalue weighted by Gasteiger charge is 2.20. The third-order valence-corrected chi connectivity index (χ3v) is 16.6. The number of amides is 1. The van der Waals surface area contributed by atoms with Gasteiger partial charge in [0.15, 0.2) is 0 Å². The van der Waals surface area contributed by atoms with Crippen molar-refractivity contribution in [3.05, 3.63) is 12.2 Å². The van der Waals surface area contributed by atoms with Crippen LogP contribution in [0, 0.1) is 0 Å². The topological polar surface area (TPSA) is 95.9 Å². The molecule has 452 valence electrons. The number of hydrogen-bond acceptors (Lipinski definition) is 5. The molecule has 0 aliphatic heterocycles. The highest BCUT2D eigenvalue weighted by Crippen LogP contribution is 2.19. The normalized spacial score (nSPS) is 12.5. The van der Waals surface area contributed by atoms with Gasteiger partial charge in [-0.2, -0.15) is 0 Å². The maximum absolute atomic E-state index is 12.5. The highest BCUT2D eigenvalue weighted by molar-refractivity contribution is 5.76. The smallest absolute Gasteiger partial charge is 0.305 e. The molecule has 0 spiro atoms. The van der Waals surface area contributed by atoms with Crippen LogP contribution in [0.15, 0.2) is 12.2 Å². The van der Waals surface area contributed by atoms with E-state index in [1.807, 2.05) is 0 Å². The van der Waals surface area contributed by atoms with Crippen LogP contribution in [0.4, 0.5) is 0 Å². The van der Waals surface area contributed by atoms with E-state index in [2.05, 4.69) is 31.3 Å². The average Bonchev–Trinajstić information content (AvgIpc) is 3.42. The van der Waals surface area contributed by atoms with Gasteiger partial charge in [-0.1, -0.05) is 347 Å². The molecule has 1 amide bonds. The number of rotatable bonds is 66. The minimum absolute atomic E-state index is 0.0169. The SMILES string of the molecule is CCCCCCCCCCCCCCCCCCCCCCC(O)C(CO)NC(=O)CCCCCCCCCCCC/C=C\CCCCCCCCCCCCCCOC(=O)CCCCCCCCCCCCCCC. The van der Waals surface area contributed by atoms with Gasteiger partial charge < -0.3 is 20.3 Å². The number of hydrogen-bond donors (Lipinski definition) is 3. The molecular formula is C70H137NO5. The summed E-state index contributed by atoms with van der Waals surface area (Å²) in [6.45, 7) is 4.99. The summed E-state index contributed by atoms with van der Waals surface area (Å²) >= 11 is 0. The van der Waals surface area contributed by atoms with Crippen molar-refractivity contribution in [1.82, 2.24) is 5.32 Å². The van der Waals surface area contributed by atoms with Crippen molar-refractivity contribution in [1.29, 1.82) is 0 Å². The Labute approximate surface area is 476 Å². The van der Waals surface area contributed by atoms with Crippen molar-refractivity contribution < 1.29 is 24.5 Å². The third-order valence-electron chi connectivity index (χ3n) is 16.6. The number of aliphatic hydroxyl groups excluding tert-OH is 2. The fourth-order valence-corrected chi connectivity index (χ4v) is 11.2. The summed E-state index contributed by atoms with van der Waals surface area (Å²) in [7, 11) is 0. The minimum Gasteiger partial charge on any atom is -0.466 e. The van der Waals surface area contributed by atoms with E-state index in [1.54, 1.807) is 0 Å². The molecule has 6 nitrogen and oxygen atoms in total. The second-order valence-electron chi connectivity index (χ2n) is 24.2. The van der Waals surface area contributed by atoms with Crippen LogP contribution in [0.1, 0.15) is 399 Å². The number of unbranched alkanes of at least 4 members (excludes halogenated alkanes) is 53. The Hall–Kier alpha value is -1.40. The van der Waals surface area contributed by atoms with Gasteiger partial charge >= 0.3 is 5.97 Å². The minimum atomic E-state index is -0.666. The van der Waals surface area contributed by atoms with Gasteiger partial charge in [0, 0.05) is 12.8 Å². The molecule has 6 heteroatoms. The van der Waals surface area contributed by atoms with E-state index >= 15 is 0 Å². The molecule has 0 aliphatic carbocycles. The molecule has 0 saturated carbocycles. The molecule has 0 heterocycles. The predicted octanol–water partition coefficient (Wildman–Crippen LogP) is 22.4. The van der Waals surface area contributed by atoms with E-state index < -0.39 is 12.1 Å². The maximum Gasteiger partial charge on any atom is 0.305 e. The van der Waals surface area contributed by atoms with Crippen LogP contribution in [-0.4, -0.2) is 47.4 Å². The Kier molecular flexibility index (Phi) is 64.9. The lowest BCUT2D eigenvalue weighted by Gasteiger charge is -2.22. The maximum atomic E-state index is 12.5. The molecule has 0 aromatic heterocycles. The van der Waals surface area contributed by atoms with E-state index in [1.165, 1.54) is 327 Å². The van der Waals surface area contributed by atoms with Crippen LogP contribution in [-0.2, 0) is 14.3 Å². The van der Waals surface area contributed by atoms with Crippen molar-refractivity contribution >= 4 is 11.9 Å². The van der Waals surface area contributed by atoms with Crippen LogP contribution in [0.2, 0.25) is 0 Å². The Balaban J connectivity index is 3.38. The van der Waals surface area contributed by atoms with Gasteiger partial charge in [0.25, 0.3) is 0 Å². The van der Waals surface area contributed by atoms with E-state index in [9.17, 15) is 19.8 Å². The molecule has 2 atom stereocenters. The lowest BCUT2D eigenvalue weighted by molar-refractivity contribution is -0.143. The number of allylic oxidation sites excluding steroid dienone is 2. The Morgan fingerprint density at radius 2 is 0.618 bits per heavy atom. The van der Waals surface area contributed by atoms with Crippen LogP contribution in [0.3, 0.4) is 0 Å². The number of nitrogens with one attached hydrogen (secondary N) is 1. The first-order valence-corrected chi connectivity index (χ1v) is 34.9. The summed E-state index contributed by atoms with van der Waals surface area (Å²) in [5, 5.41) is 23.4. The van der Waals surface area contributed by atoms with E-state index in [4.69, 9.17) is 4.74 Å². The standard InChI is InChI=1S/C70H137NO5/c1-3-5-7-9-11-13-15-17-18-19-20-29-32-35-39-42-46-50-54-58-62-68(73)67(66-72)71-69(74)63-59-55-51-47-43-40-36-33-30-27-25-23-21-22-24-26-28-31-34-37-41-45-49-53-57-61-65-76-70(75)64-60-56-52-48-44-38-16-14-12-10-8-6-4-2/h21,23,67-68,72-73H,3-20,22,24-66H2,1-2H3,(H,71,74)/b23-21-. The quantitative estimate of drug-likeness (QED) is 0.0320. The first-order chi connectivity index (χ1) is 37.5. The van der Waals surface area contributed by atoms with Gasteiger partial charge in [0.05, 0.1) is 25.4 Å². The van der Waals surface area contributed by atoms with Crippen molar-refractivity contribution in [2.45, 2.75) is 411 Å². The second kappa shape index (κ2) is 66.1. The largest absolute Gasteiger partial charge is 0.466 e. The zero-order valence-corrected chi connectivity index (χ0v) is 51.8. The molecule has 2 unspecified atom stereocenters. The number of carbonyl (C=O) groups excluding carboxylic acids is 2. The van der Waals surface area contributed by atoms with Crippen LogP contribution >= 0.6 is 0 Å². The number of esters is 1. The monoisotopic (exact) mass is 1070 g/mol. The molecule has 76 heavy (non-hydrogen) atoms. The van der Waals surface area contributed by atoms with Crippen molar-refractivity contribution in [3.8, 4) is 0 Å². The zero-order valence-electron chi connectivity index (χ0n) is 51.8. The van der Waals surface area contributed by atoms with Gasteiger partial charge in [-0.15, -0.1) is 0 Å². The summed E-state index contributed by atoms with van der Waals surface area (Å²) in [6.07, 6.45) is 81.1. The van der Waals surface area contributed by atoms with E-state index in [-0.39, 0.29) is 18.5 Å². The van der Waals surface area contributed by atoms with Gasteiger partial charge in [0.2, 0.25) is 5.91 Å². The molecule has 0 aromatic rings. The molecule has 0 rings (SSSR count). The Bertz CT molecular complexity index is 1140. The lowest BCUT2D eigenvalue weighted by Crippen LogP contribution is -2.45. The van der Waals surface area contributed by atoms with Crippen LogP contribution < -0.4 is 5.32 Å². The fourth-order valence-electron chi connectivity index (χ4n) is 11.2. The molecule has 0 aromatic carbocycles. The van der Waals surface area contributed by atoms with E-state index in [0.29, 0.717) is 25.9 Å². The molecule has 0 saturated heterocycles. The van der Waals surface area contributed by atoms with E-state index in [0.717, 1.165) is 38.5 Å². The molecule has 0 bridgehead atoms. The summed E-state index contributed by atoms with van der Waals surface area (Å²) in [4.78, 5) is 24.6. The van der Waals surface area contributed by atoms with Crippen LogP contribution in [0.25, 0.3) is 0 Å². The first kappa shape index (κ1) is 74.6. The molecular weight excluding hydrogens is 935 g/mol. The summed E-state index contributed by atoms with van der Waals surface area (Å²) in [5.41, 5.74) is 0. The molecule has 0 fully saturated rings. The van der Waals surface area contributed by atoms with Gasteiger partial charge in [0.1, 0.15) is 0 Å². The zero-order chi connectivity index (χ0) is 55.0. The Morgan fingerprint density at radius 1 is 0.355 bits per heavy atom. The third kappa shape index (κ3) is 61.8. The van der Waals surface area contributed by atoms with Crippen molar-refractivity contribution in [2.24, 2.45) is 0 Å². The highest BCUT2D eigenvalue weighted by atomic mass is 16.5. The predicted molar refractivity (Wildman–Crippen MR) is 333 cm³/mol. The van der Waals surface area contributed by atoms with Crippen molar-refractivity contribution in [3.63, 3.8) is 0 Å². The number of carbonyl (C=O) groups is 2. The fraction of sp³-hybridized carbons (Fsp3) is 0.943. The van der Waals surface area contributed by atoms with Gasteiger partial charge in [-0.3, -0.25) is 9.59 Å². The van der Waals surface area contributed by atoms with Gasteiger partial charge in [-0.05, 0) is 51.4 Å². The number of ether oxygens (including phenoxy) is 1. The second-order valence-corrected chi connectivity index (χ2v) is 24.2. The van der Waals surface area contributed by atoms with Crippen molar-refractivity contribution in [2.75, 3.05) is 13.2 Å². The average molecular weight is 1070 g/mol. The molecule has 0 radical (unpaired) electrons. The molecule has 0 aliphatic rings. The van der Waals surface area contributed by atoms with Crippen LogP contribution in [0.5, 0.6) is 0 Å². The summed E-state index contributed by atoms with van der Waals surface area (Å²) < 4.78 is 5.49. The number of aliphatic hydroxyl groups is 2.